The van der Waals surface area contributed by atoms with Crippen LogP contribution in [0.25, 0.3) is 5.70 Å². The zero-order valence-corrected chi connectivity index (χ0v) is 21.7. The molecule has 3 atom stereocenters. The van der Waals surface area contributed by atoms with E-state index in [4.69, 9.17) is 5.73 Å². The number of benzene rings is 1. The summed E-state index contributed by atoms with van der Waals surface area (Å²) in [7, 11) is 0. The van der Waals surface area contributed by atoms with Crippen LogP contribution in [0.2, 0.25) is 0 Å². The first-order valence-electron chi connectivity index (χ1n) is 13.3. The summed E-state index contributed by atoms with van der Waals surface area (Å²) in [4.78, 5) is 35.2. The lowest BCUT2D eigenvalue weighted by atomic mass is 9.70. The molecule has 9 nitrogen and oxygen atoms in total. The minimum Gasteiger partial charge on any atom is -0.481 e. The molecule has 2 saturated carbocycles. The number of hydrogen-bond donors (Lipinski definition) is 4. The molecule has 0 bridgehead atoms. The predicted molar refractivity (Wildman–Crippen MR) is 145 cm³/mol. The Morgan fingerprint density at radius 2 is 2.05 bits per heavy atom. The molecule has 2 fully saturated rings. The summed E-state index contributed by atoms with van der Waals surface area (Å²) in [5, 5.41) is 16.0. The van der Waals surface area contributed by atoms with Gasteiger partial charge in [0.15, 0.2) is 0 Å². The molecular weight excluding hydrogens is 499 g/mol. The van der Waals surface area contributed by atoms with Gasteiger partial charge in [-0.25, -0.2) is 14.4 Å². The number of carboxylic acid groups (broad SMARTS) is 1. The molecule has 0 radical (unpaired) electrons. The average molecular weight is 531 g/mol. The van der Waals surface area contributed by atoms with E-state index in [0.717, 1.165) is 31.2 Å². The summed E-state index contributed by atoms with van der Waals surface area (Å²) in [5.74, 6) is -0.642. The van der Waals surface area contributed by atoms with Crippen molar-refractivity contribution in [1.29, 1.82) is 0 Å². The quantitative estimate of drug-likeness (QED) is 0.436. The molecular formula is C29H31FN6O3. The molecule has 3 heterocycles. The largest absolute Gasteiger partial charge is 0.481 e. The number of pyridine rings is 1. The van der Waals surface area contributed by atoms with Crippen LogP contribution in [0.1, 0.15) is 72.9 Å². The van der Waals surface area contributed by atoms with Crippen LogP contribution in [0.4, 0.5) is 10.2 Å². The summed E-state index contributed by atoms with van der Waals surface area (Å²) >= 11 is 0. The first-order valence-corrected chi connectivity index (χ1v) is 13.3. The number of rotatable bonds is 6. The molecule has 1 aromatic carbocycles. The van der Waals surface area contributed by atoms with Crippen molar-refractivity contribution in [3.63, 3.8) is 0 Å². The fourth-order valence-electron chi connectivity index (χ4n) is 6.01. The number of aliphatic imine (C=N–C) groups is 1. The van der Waals surface area contributed by atoms with Gasteiger partial charge in [0.1, 0.15) is 29.3 Å². The Balaban J connectivity index is 1.25. The van der Waals surface area contributed by atoms with Gasteiger partial charge in [-0.05, 0) is 86.8 Å². The second kappa shape index (κ2) is 9.52. The molecule has 1 amide bonds. The first kappa shape index (κ1) is 25.1. The zero-order valence-electron chi connectivity index (χ0n) is 21.7. The number of aromatic nitrogens is 1. The molecule has 0 spiro atoms. The van der Waals surface area contributed by atoms with Crippen LogP contribution in [0.15, 0.2) is 59.6 Å². The predicted octanol–water partition coefficient (Wildman–Crippen LogP) is 4.37. The van der Waals surface area contributed by atoms with Crippen molar-refractivity contribution in [2.75, 3.05) is 5.32 Å². The number of nitrogens with zero attached hydrogens (tertiary/aromatic N) is 3. The number of carboxylic acids is 1. The van der Waals surface area contributed by atoms with Crippen LogP contribution in [-0.2, 0) is 4.79 Å². The number of halogens is 1. The second-order valence-corrected chi connectivity index (χ2v) is 11.2. The number of anilines is 1. The van der Waals surface area contributed by atoms with E-state index in [-0.39, 0.29) is 29.0 Å². The lowest BCUT2D eigenvalue weighted by molar-refractivity contribution is -0.151. The Bertz CT molecular complexity index is 1450. The Labute approximate surface area is 225 Å². The highest BCUT2D eigenvalue weighted by atomic mass is 19.1. The smallest absolute Gasteiger partial charge is 0.309 e. The normalized spacial score (nSPS) is 26.1. The zero-order chi connectivity index (χ0) is 27.3. The molecule has 2 aliphatic carbocycles. The van der Waals surface area contributed by atoms with E-state index in [1.54, 1.807) is 37.7 Å². The van der Waals surface area contributed by atoms with Gasteiger partial charge in [0, 0.05) is 29.7 Å². The van der Waals surface area contributed by atoms with Crippen molar-refractivity contribution in [2.45, 2.75) is 57.5 Å². The molecule has 5 N–H and O–H groups in total. The van der Waals surface area contributed by atoms with E-state index >= 15 is 4.39 Å². The van der Waals surface area contributed by atoms with Gasteiger partial charge in [0.2, 0.25) is 0 Å². The van der Waals surface area contributed by atoms with Gasteiger partial charge in [0.25, 0.3) is 5.91 Å². The Morgan fingerprint density at radius 3 is 2.79 bits per heavy atom. The fraction of sp³-hybridized carbons (Fsp3) is 0.379. The maximum atomic E-state index is 15.6. The van der Waals surface area contributed by atoms with Crippen LogP contribution >= 0.6 is 0 Å². The third-order valence-corrected chi connectivity index (χ3v) is 8.32. The van der Waals surface area contributed by atoms with Crippen LogP contribution in [0, 0.1) is 17.2 Å². The number of carbonyl (C=O) groups excluding carboxylic acids is 1. The minimum absolute atomic E-state index is 0.00471. The van der Waals surface area contributed by atoms with E-state index in [9.17, 15) is 14.7 Å². The van der Waals surface area contributed by atoms with Gasteiger partial charge < -0.3 is 26.4 Å². The number of carbonyl (C=O) groups is 2. The summed E-state index contributed by atoms with van der Waals surface area (Å²) in [5.41, 5.74) is 8.03. The lowest BCUT2D eigenvalue weighted by Gasteiger charge is -2.40. The summed E-state index contributed by atoms with van der Waals surface area (Å²) in [6, 6.07) is 8.15. The topological polar surface area (TPSA) is 133 Å². The van der Waals surface area contributed by atoms with Crippen molar-refractivity contribution in [3.05, 3.63) is 77.1 Å². The number of amidine groups is 1. The van der Waals surface area contributed by atoms with Gasteiger partial charge >= 0.3 is 5.97 Å². The molecule has 6 rings (SSSR count). The van der Waals surface area contributed by atoms with Gasteiger partial charge in [-0.2, -0.15) is 0 Å². The number of amides is 1. The molecule has 1 aromatic heterocycles. The van der Waals surface area contributed by atoms with Crippen LogP contribution < -0.4 is 16.4 Å². The molecule has 2 aromatic rings. The molecule has 10 heteroatoms. The van der Waals surface area contributed by atoms with Gasteiger partial charge in [-0.1, -0.05) is 6.42 Å². The third-order valence-electron chi connectivity index (χ3n) is 8.32. The van der Waals surface area contributed by atoms with Crippen molar-refractivity contribution in [2.24, 2.45) is 22.1 Å². The maximum absolute atomic E-state index is 15.6. The third kappa shape index (κ3) is 4.64. The van der Waals surface area contributed by atoms with Crippen molar-refractivity contribution in [3.8, 4) is 0 Å². The standard InChI is InChI=1S/C29H31FN6O3/c1-29(28(38)39)9-2-3-19(15-29)26-35-23(24-25(31)33-11-12-36(24)26)20-7-6-18(13-21(20)30)27(37)34-22-14-17(8-10-32-22)16-4-5-16/h6-8,10-14,16,19,26,35H,2-5,9,15H2,1H3,(H2,31,33)(H,38,39)(H,32,34,37)/t19-,26?,29+/m1/s1. The van der Waals surface area contributed by atoms with E-state index in [1.165, 1.54) is 6.07 Å². The number of fused-ring (bicyclic) bond motifs is 1. The van der Waals surface area contributed by atoms with Crippen molar-refractivity contribution < 1.29 is 19.1 Å². The molecule has 0 saturated heterocycles. The Kier molecular flexibility index (Phi) is 6.12. The number of aliphatic carboxylic acids is 1. The highest BCUT2D eigenvalue weighted by Gasteiger charge is 2.46. The highest BCUT2D eigenvalue weighted by Crippen LogP contribution is 2.45. The SMILES string of the molecule is C[C@]1(C(=O)O)CCC[C@@H](C2NC(c3ccc(C(=O)Nc4cc(C5CC5)ccn4)cc3F)=C3C(N)=NC=CN32)C1. The van der Waals surface area contributed by atoms with E-state index in [1.807, 2.05) is 17.0 Å². The van der Waals surface area contributed by atoms with Gasteiger partial charge in [-0.3, -0.25) is 9.59 Å². The lowest BCUT2D eigenvalue weighted by Crippen LogP contribution is -2.47. The van der Waals surface area contributed by atoms with Crippen LogP contribution in [0.5, 0.6) is 0 Å². The van der Waals surface area contributed by atoms with Crippen molar-refractivity contribution >= 4 is 29.2 Å². The number of nitrogens with one attached hydrogen (secondary N) is 2. The summed E-state index contributed by atoms with van der Waals surface area (Å²) in [6.07, 6.45) is 9.75. The second-order valence-electron chi connectivity index (χ2n) is 11.2. The first-order chi connectivity index (χ1) is 18.7. The van der Waals surface area contributed by atoms with Crippen molar-refractivity contribution in [1.82, 2.24) is 15.2 Å². The molecule has 202 valence electrons. The van der Waals surface area contributed by atoms with Gasteiger partial charge in [-0.15, -0.1) is 0 Å². The molecule has 4 aliphatic rings. The summed E-state index contributed by atoms with van der Waals surface area (Å²) in [6.45, 7) is 1.79. The van der Waals surface area contributed by atoms with E-state index in [0.29, 0.717) is 36.0 Å². The van der Waals surface area contributed by atoms with Crippen LogP contribution in [-0.4, -0.2) is 38.9 Å². The van der Waals surface area contributed by atoms with Crippen LogP contribution in [0.3, 0.4) is 0 Å². The van der Waals surface area contributed by atoms with E-state index < -0.39 is 23.1 Å². The number of hydrogen-bond acceptors (Lipinski definition) is 7. The number of nitrogens with two attached hydrogens (primary N) is 1. The molecule has 2 aliphatic heterocycles. The highest BCUT2D eigenvalue weighted by molar-refractivity contribution is 6.06. The maximum Gasteiger partial charge on any atom is 0.309 e. The monoisotopic (exact) mass is 530 g/mol. The average Bonchev–Trinajstić information content (AvgIpc) is 3.69. The summed E-state index contributed by atoms with van der Waals surface area (Å²) < 4.78 is 15.6. The Hall–Kier alpha value is -4.21. The fourth-order valence-corrected chi connectivity index (χ4v) is 6.01. The minimum atomic E-state index is -0.820. The van der Waals surface area contributed by atoms with Gasteiger partial charge in [0.05, 0.1) is 11.1 Å². The van der Waals surface area contributed by atoms with E-state index in [2.05, 4.69) is 20.6 Å². The molecule has 39 heavy (non-hydrogen) atoms. The molecule has 1 unspecified atom stereocenters. The Morgan fingerprint density at radius 1 is 1.23 bits per heavy atom.